The number of rotatable bonds is 2. The van der Waals surface area contributed by atoms with Crippen molar-refractivity contribution in [3.05, 3.63) is 33.8 Å². The van der Waals surface area contributed by atoms with Gasteiger partial charge >= 0.3 is 0 Å². The highest BCUT2D eigenvalue weighted by Gasteiger charge is 2.01. The van der Waals surface area contributed by atoms with Crippen LogP contribution < -0.4 is 5.73 Å². The summed E-state index contributed by atoms with van der Waals surface area (Å²) in [7, 11) is 0. The zero-order valence-corrected chi connectivity index (χ0v) is 9.97. The monoisotopic (exact) mass is 282 g/mol. The lowest BCUT2D eigenvalue weighted by molar-refractivity contribution is 0.472. The predicted molar refractivity (Wildman–Crippen MR) is 66.2 cm³/mol. The van der Waals surface area contributed by atoms with Gasteiger partial charge in [0.2, 0.25) is 0 Å². The van der Waals surface area contributed by atoms with E-state index in [1.54, 1.807) is 18.2 Å². The summed E-state index contributed by atoms with van der Waals surface area (Å²) in [5, 5.41) is 18.0. The third-order valence-electron chi connectivity index (χ3n) is 1.67. The van der Waals surface area contributed by atoms with E-state index >= 15 is 0 Å². The van der Waals surface area contributed by atoms with Crippen LogP contribution in [-0.4, -0.2) is 10.1 Å². The lowest BCUT2D eigenvalue weighted by Gasteiger charge is -1.99. The maximum absolute atomic E-state index is 9.26. The summed E-state index contributed by atoms with van der Waals surface area (Å²) in [6, 6.07) is 6.75. The van der Waals surface area contributed by atoms with E-state index < -0.39 is 0 Å². The number of thiocarbonyl (C=S) groups is 1. The van der Waals surface area contributed by atoms with Crippen LogP contribution in [0.25, 0.3) is 6.08 Å². The molecule has 1 aromatic rings. The topological polar surface area (TPSA) is 70.0 Å². The second-order valence-electron chi connectivity index (χ2n) is 2.74. The normalized spacial score (nSPS) is 10.8. The van der Waals surface area contributed by atoms with Crippen LogP contribution in [0.5, 0.6) is 5.75 Å². The van der Waals surface area contributed by atoms with E-state index in [0.29, 0.717) is 4.47 Å². The predicted octanol–water partition coefficient (Wildman–Crippen LogP) is 2.35. The number of nitrogens with two attached hydrogens (primary N) is 1. The summed E-state index contributed by atoms with van der Waals surface area (Å²) in [6.07, 6.45) is 1.56. The molecule has 0 aliphatic heterocycles. The van der Waals surface area contributed by atoms with E-state index in [-0.39, 0.29) is 16.3 Å². The summed E-state index contributed by atoms with van der Waals surface area (Å²) < 4.78 is 0.552. The molecule has 0 saturated carbocycles. The first-order chi connectivity index (χ1) is 7.04. The molecule has 0 unspecified atom stereocenters. The van der Waals surface area contributed by atoms with Crippen LogP contribution in [0, 0.1) is 11.3 Å². The second-order valence-corrected chi connectivity index (χ2v) is 4.04. The second kappa shape index (κ2) is 4.91. The van der Waals surface area contributed by atoms with E-state index in [1.807, 2.05) is 6.07 Å². The molecular weight excluding hydrogens is 276 g/mol. The molecule has 0 radical (unpaired) electrons. The van der Waals surface area contributed by atoms with Gasteiger partial charge in [0.05, 0.1) is 10.0 Å². The Morgan fingerprint density at radius 3 is 2.73 bits per heavy atom. The van der Waals surface area contributed by atoms with Gasteiger partial charge in [0.1, 0.15) is 16.8 Å². The van der Waals surface area contributed by atoms with Gasteiger partial charge in [0, 0.05) is 0 Å². The standard InChI is InChI=1S/C10H7BrN2OS/c11-8-4-6(1-2-9(8)14)3-7(5-12)10(13)15/h1-4,14H,(H2,13,15)/b7-3+. The Labute approximate surface area is 101 Å². The number of hydrogen-bond acceptors (Lipinski definition) is 3. The van der Waals surface area contributed by atoms with Crippen LogP contribution in [0.2, 0.25) is 0 Å². The molecule has 5 heteroatoms. The van der Waals surface area contributed by atoms with Gasteiger partial charge in [-0.25, -0.2) is 0 Å². The Kier molecular flexibility index (Phi) is 3.83. The summed E-state index contributed by atoms with van der Waals surface area (Å²) >= 11 is 7.87. The van der Waals surface area contributed by atoms with Gasteiger partial charge in [0.25, 0.3) is 0 Å². The van der Waals surface area contributed by atoms with Crippen LogP contribution in [0.3, 0.4) is 0 Å². The van der Waals surface area contributed by atoms with Gasteiger partial charge < -0.3 is 10.8 Å². The minimum absolute atomic E-state index is 0.0571. The van der Waals surface area contributed by atoms with E-state index in [1.165, 1.54) is 6.07 Å². The minimum Gasteiger partial charge on any atom is -0.507 e. The van der Waals surface area contributed by atoms with Crippen LogP contribution >= 0.6 is 28.1 Å². The molecule has 0 aromatic heterocycles. The number of nitrogens with zero attached hydrogens (tertiary/aromatic N) is 1. The minimum atomic E-state index is 0.0571. The number of benzene rings is 1. The van der Waals surface area contributed by atoms with E-state index in [4.69, 9.17) is 23.2 Å². The van der Waals surface area contributed by atoms with Crippen LogP contribution in [0.15, 0.2) is 28.2 Å². The zero-order valence-electron chi connectivity index (χ0n) is 7.57. The SMILES string of the molecule is N#C/C(=C\c1ccc(O)c(Br)c1)C(N)=S. The van der Waals surface area contributed by atoms with Crippen molar-refractivity contribution in [1.29, 1.82) is 5.26 Å². The number of aromatic hydroxyl groups is 1. The highest BCUT2D eigenvalue weighted by atomic mass is 79.9. The molecule has 0 aliphatic carbocycles. The average molecular weight is 283 g/mol. The fourth-order valence-electron chi connectivity index (χ4n) is 0.938. The number of nitriles is 1. The molecule has 0 amide bonds. The maximum Gasteiger partial charge on any atom is 0.129 e. The first-order valence-corrected chi connectivity index (χ1v) is 5.15. The van der Waals surface area contributed by atoms with Crippen molar-refractivity contribution in [3.63, 3.8) is 0 Å². The van der Waals surface area contributed by atoms with Crippen molar-refractivity contribution < 1.29 is 5.11 Å². The van der Waals surface area contributed by atoms with Crippen molar-refractivity contribution >= 4 is 39.2 Å². The van der Waals surface area contributed by atoms with Gasteiger partial charge in [-0.2, -0.15) is 5.26 Å². The molecule has 76 valence electrons. The molecule has 0 fully saturated rings. The smallest absolute Gasteiger partial charge is 0.129 e. The third-order valence-corrected chi connectivity index (χ3v) is 2.52. The molecule has 1 rings (SSSR count). The molecule has 0 aliphatic rings. The van der Waals surface area contributed by atoms with Gasteiger partial charge in [-0.3, -0.25) is 0 Å². The molecule has 1 aromatic carbocycles. The van der Waals surface area contributed by atoms with Gasteiger partial charge in [0.15, 0.2) is 0 Å². The summed E-state index contributed by atoms with van der Waals surface area (Å²) in [5.41, 5.74) is 6.32. The fraction of sp³-hybridized carbons (Fsp3) is 0. The Bertz CT molecular complexity index is 477. The van der Waals surface area contributed by atoms with E-state index in [2.05, 4.69) is 15.9 Å². The molecule has 0 atom stereocenters. The zero-order chi connectivity index (χ0) is 11.4. The molecule has 0 spiro atoms. The molecule has 15 heavy (non-hydrogen) atoms. The first-order valence-electron chi connectivity index (χ1n) is 3.94. The Balaban J connectivity index is 3.14. The molecule has 0 heterocycles. The Morgan fingerprint density at radius 2 is 2.27 bits per heavy atom. The number of halogens is 1. The van der Waals surface area contributed by atoms with Crippen LogP contribution in [0.4, 0.5) is 0 Å². The number of phenolic OH excluding ortho intramolecular Hbond substituents is 1. The lowest BCUT2D eigenvalue weighted by Crippen LogP contribution is -2.09. The fourth-order valence-corrected chi connectivity index (χ4v) is 1.44. The van der Waals surface area contributed by atoms with Crippen molar-refractivity contribution in [3.8, 4) is 11.8 Å². The lowest BCUT2D eigenvalue weighted by atomic mass is 10.1. The molecule has 3 N–H and O–H groups in total. The molecular formula is C10H7BrN2OS. The largest absolute Gasteiger partial charge is 0.507 e. The van der Waals surface area contributed by atoms with Crippen molar-refractivity contribution in [2.24, 2.45) is 5.73 Å². The van der Waals surface area contributed by atoms with Crippen molar-refractivity contribution in [2.75, 3.05) is 0 Å². The summed E-state index contributed by atoms with van der Waals surface area (Å²) in [6.45, 7) is 0. The van der Waals surface area contributed by atoms with Gasteiger partial charge in [-0.15, -0.1) is 0 Å². The van der Waals surface area contributed by atoms with Crippen LogP contribution in [-0.2, 0) is 0 Å². The van der Waals surface area contributed by atoms with E-state index in [9.17, 15) is 5.11 Å². The number of hydrogen-bond donors (Lipinski definition) is 2. The van der Waals surface area contributed by atoms with Gasteiger partial charge in [-0.05, 0) is 39.7 Å². The highest BCUT2D eigenvalue weighted by molar-refractivity contribution is 9.10. The van der Waals surface area contributed by atoms with Gasteiger partial charge in [-0.1, -0.05) is 18.3 Å². The average Bonchev–Trinajstić information content (AvgIpc) is 2.19. The maximum atomic E-state index is 9.26. The Morgan fingerprint density at radius 1 is 1.60 bits per heavy atom. The van der Waals surface area contributed by atoms with E-state index in [0.717, 1.165) is 5.56 Å². The molecule has 3 nitrogen and oxygen atoms in total. The Hall–Kier alpha value is -1.38. The number of phenols is 1. The molecule has 0 bridgehead atoms. The first kappa shape index (κ1) is 11.7. The summed E-state index contributed by atoms with van der Waals surface area (Å²) in [5.74, 6) is 0.140. The van der Waals surface area contributed by atoms with Crippen LogP contribution in [0.1, 0.15) is 5.56 Å². The van der Waals surface area contributed by atoms with Crippen molar-refractivity contribution in [2.45, 2.75) is 0 Å². The summed E-state index contributed by atoms with van der Waals surface area (Å²) in [4.78, 5) is 0.0571. The van der Waals surface area contributed by atoms with Crippen molar-refractivity contribution in [1.82, 2.24) is 0 Å². The molecule has 0 saturated heterocycles. The third kappa shape index (κ3) is 3.05. The quantitative estimate of drug-likeness (QED) is 0.496. The highest BCUT2D eigenvalue weighted by Crippen LogP contribution is 2.25.